The summed E-state index contributed by atoms with van der Waals surface area (Å²) in [5.74, 6) is 1.32. The molecule has 0 unspecified atom stereocenters. The van der Waals surface area contributed by atoms with Gasteiger partial charge < -0.3 is 4.74 Å². The zero-order chi connectivity index (χ0) is 15.5. The number of aromatic nitrogens is 3. The van der Waals surface area contributed by atoms with E-state index >= 15 is 0 Å². The van der Waals surface area contributed by atoms with Crippen LogP contribution in [0.2, 0.25) is 0 Å². The first-order valence-electron chi connectivity index (χ1n) is 6.60. The van der Waals surface area contributed by atoms with E-state index in [9.17, 15) is 4.79 Å². The quantitative estimate of drug-likeness (QED) is 0.689. The Morgan fingerprint density at radius 1 is 1.36 bits per heavy atom. The summed E-state index contributed by atoms with van der Waals surface area (Å²) in [5, 5.41) is 9.00. The summed E-state index contributed by atoms with van der Waals surface area (Å²) in [7, 11) is 1.60. The van der Waals surface area contributed by atoms with Crippen LogP contribution in [0.4, 0.5) is 0 Å². The Labute approximate surface area is 126 Å². The second-order valence-corrected chi connectivity index (χ2v) is 4.63. The first-order valence-corrected chi connectivity index (χ1v) is 6.60. The van der Waals surface area contributed by atoms with Gasteiger partial charge in [0.15, 0.2) is 11.9 Å². The Morgan fingerprint density at radius 3 is 2.77 bits per heavy atom. The second-order valence-electron chi connectivity index (χ2n) is 4.63. The van der Waals surface area contributed by atoms with Crippen molar-refractivity contribution in [3.63, 3.8) is 0 Å². The molecule has 0 aliphatic rings. The van der Waals surface area contributed by atoms with Crippen molar-refractivity contribution in [3.8, 4) is 17.5 Å². The van der Waals surface area contributed by atoms with Crippen LogP contribution in [0.3, 0.4) is 0 Å². The lowest BCUT2D eigenvalue weighted by Crippen LogP contribution is -2.01. The molecule has 2 heterocycles. The van der Waals surface area contributed by atoms with E-state index in [1.807, 2.05) is 28.8 Å². The predicted molar refractivity (Wildman–Crippen MR) is 80.1 cm³/mol. The fraction of sp³-hybridized carbons (Fsp3) is 0.125. The highest BCUT2D eigenvalue weighted by Gasteiger charge is 2.14. The van der Waals surface area contributed by atoms with Gasteiger partial charge in [-0.2, -0.15) is 5.26 Å². The SMILES string of the molecule is COc1ccc(-n2c(CC#N)nc3cc(C=O)cnc32)cc1. The molecule has 3 rings (SSSR count). The zero-order valence-electron chi connectivity index (χ0n) is 11.9. The number of nitriles is 1. The van der Waals surface area contributed by atoms with Crippen molar-refractivity contribution in [2.24, 2.45) is 0 Å². The lowest BCUT2D eigenvalue weighted by atomic mass is 10.2. The van der Waals surface area contributed by atoms with Crippen molar-refractivity contribution in [2.75, 3.05) is 7.11 Å². The van der Waals surface area contributed by atoms with Gasteiger partial charge in [-0.05, 0) is 30.3 Å². The van der Waals surface area contributed by atoms with Crippen LogP contribution in [-0.2, 0) is 6.42 Å². The molecule has 6 nitrogen and oxygen atoms in total. The molecule has 0 saturated carbocycles. The molecule has 3 aromatic rings. The molecule has 0 aliphatic carbocycles. The molecular weight excluding hydrogens is 280 g/mol. The lowest BCUT2D eigenvalue weighted by molar-refractivity contribution is 0.112. The Bertz CT molecular complexity index is 876. The average molecular weight is 292 g/mol. The predicted octanol–water partition coefficient (Wildman–Crippen LogP) is 2.31. The number of hydrogen-bond acceptors (Lipinski definition) is 5. The van der Waals surface area contributed by atoms with E-state index in [1.54, 1.807) is 13.2 Å². The normalized spacial score (nSPS) is 10.4. The molecule has 0 aliphatic heterocycles. The maximum absolute atomic E-state index is 10.9. The van der Waals surface area contributed by atoms with Crippen LogP contribution in [0.1, 0.15) is 16.2 Å². The molecular formula is C16H12N4O2. The number of carbonyl (C=O) groups excluding carboxylic acids is 1. The molecule has 108 valence electrons. The summed E-state index contributed by atoms with van der Waals surface area (Å²) in [6.45, 7) is 0. The minimum absolute atomic E-state index is 0.152. The summed E-state index contributed by atoms with van der Waals surface area (Å²) < 4.78 is 6.96. The lowest BCUT2D eigenvalue weighted by Gasteiger charge is -2.08. The number of hydrogen-bond donors (Lipinski definition) is 0. The fourth-order valence-corrected chi connectivity index (χ4v) is 2.28. The van der Waals surface area contributed by atoms with Gasteiger partial charge in [0.1, 0.15) is 17.1 Å². The number of ether oxygens (including phenoxy) is 1. The van der Waals surface area contributed by atoms with Gasteiger partial charge in [0.05, 0.1) is 19.6 Å². The third-order valence-electron chi connectivity index (χ3n) is 3.29. The summed E-state index contributed by atoms with van der Waals surface area (Å²) in [4.78, 5) is 19.6. The number of imidazole rings is 1. The molecule has 0 bridgehead atoms. The van der Waals surface area contributed by atoms with E-state index in [1.165, 1.54) is 6.20 Å². The minimum atomic E-state index is 0.152. The smallest absolute Gasteiger partial charge is 0.164 e. The van der Waals surface area contributed by atoms with Gasteiger partial charge in [-0.25, -0.2) is 9.97 Å². The first kappa shape index (κ1) is 13.8. The summed E-state index contributed by atoms with van der Waals surface area (Å²) in [5.41, 5.74) is 2.49. The summed E-state index contributed by atoms with van der Waals surface area (Å²) in [6, 6.07) is 11.2. The molecule has 2 aromatic heterocycles. The number of aldehydes is 1. The van der Waals surface area contributed by atoms with Crippen LogP contribution in [0, 0.1) is 11.3 Å². The molecule has 6 heteroatoms. The Hall–Kier alpha value is -3.20. The Kier molecular flexibility index (Phi) is 3.54. The highest BCUT2D eigenvalue weighted by molar-refractivity contribution is 5.83. The number of benzene rings is 1. The zero-order valence-corrected chi connectivity index (χ0v) is 11.9. The number of nitrogens with zero attached hydrogens (tertiary/aromatic N) is 4. The highest BCUT2D eigenvalue weighted by atomic mass is 16.5. The van der Waals surface area contributed by atoms with Crippen molar-refractivity contribution >= 4 is 17.5 Å². The van der Waals surface area contributed by atoms with Gasteiger partial charge in [-0.3, -0.25) is 9.36 Å². The van der Waals surface area contributed by atoms with Crippen LogP contribution in [0.25, 0.3) is 16.9 Å². The van der Waals surface area contributed by atoms with Crippen LogP contribution in [0.15, 0.2) is 36.5 Å². The van der Waals surface area contributed by atoms with Crippen molar-refractivity contribution in [3.05, 3.63) is 47.9 Å². The van der Waals surface area contributed by atoms with E-state index in [4.69, 9.17) is 10.00 Å². The van der Waals surface area contributed by atoms with E-state index in [0.717, 1.165) is 17.7 Å². The van der Waals surface area contributed by atoms with Crippen molar-refractivity contribution in [2.45, 2.75) is 6.42 Å². The van der Waals surface area contributed by atoms with Crippen LogP contribution < -0.4 is 4.74 Å². The van der Waals surface area contributed by atoms with E-state index in [2.05, 4.69) is 16.0 Å². The second kappa shape index (κ2) is 5.66. The van der Waals surface area contributed by atoms with Gasteiger partial charge in [-0.15, -0.1) is 0 Å². The molecule has 0 amide bonds. The number of carbonyl (C=O) groups is 1. The fourth-order valence-electron chi connectivity index (χ4n) is 2.28. The number of methoxy groups -OCH3 is 1. The van der Waals surface area contributed by atoms with Gasteiger partial charge in [-0.1, -0.05) is 0 Å². The van der Waals surface area contributed by atoms with E-state index < -0.39 is 0 Å². The standard InChI is InChI=1S/C16H12N4O2/c1-22-13-4-2-12(3-5-13)20-15(6-7-17)19-14-8-11(10-21)9-18-16(14)20/h2-5,8-10H,6H2,1H3. The number of rotatable bonds is 4. The van der Waals surface area contributed by atoms with Gasteiger partial charge in [0, 0.05) is 17.4 Å². The van der Waals surface area contributed by atoms with Crippen molar-refractivity contribution in [1.29, 1.82) is 5.26 Å². The number of pyridine rings is 1. The van der Waals surface area contributed by atoms with Gasteiger partial charge in [0.25, 0.3) is 0 Å². The summed E-state index contributed by atoms with van der Waals surface area (Å²) >= 11 is 0. The average Bonchev–Trinajstić information content (AvgIpc) is 2.92. The van der Waals surface area contributed by atoms with Crippen LogP contribution in [-0.4, -0.2) is 27.9 Å². The minimum Gasteiger partial charge on any atom is -0.497 e. The van der Waals surface area contributed by atoms with E-state index in [0.29, 0.717) is 22.6 Å². The third-order valence-corrected chi connectivity index (χ3v) is 3.29. The van der Waals surface area contributed by atoms with Crippen molar-refractivity contribution in [1.82, 2.24) is 14.5 Å². The molecule has 0 spiro atoms. The monoisotopic (exact) mass is 292 g/mol. The van der Waals surface area contributed by atoms with Crippen molar-refractivity contribution < 1.29 is 9.53 Å². The van der Waals surface area contributed by atoms with Gasteiger partial charge in [0.2, 0.25) is 0 Å². The molecule has 0 atom stereocenters. The summed E-state index contributed by atoms with van der Waals surface area (Å²) in [6.07, 6.45) is 2.37. The molecule has 22 heavy (non-hydrogen) atoms. The highest BCUT2D eigenvalue weighted by Crippen LogP contribution is 2.22. The number of fused-ring (bicyclic) bond motifs is 1. The molecule has 0 saturated heterocycles. The molecule has 1 aromatic carbocycles. The largest absolute Gasteiger partial charge is 0.497 e. The van der Waals surface area contributed by atoms with E-state index in [-0.39, 0.29) is 6.42 Å². The molecule has 0 fully saturated rings. The maximum atomic E-state index is 10.9. The van der Waals surface area contributed by atoms with Gasteiger partial charge >= 0.3 is 0 Å². The topological polar surface area (TPSA) is 80.8 Å². The maximum Gasteiger partial charge on any atom is 0.164 e. The molecule has 0 radical (unpaired) electrons. The first-order chi connectivity index (χ1) is 10.8. The Balaban J connectivity index is 2.22. The third kappa shape index (κ3) is 2.29. The Morgan fingerprint density at radius 2 is 2.14 bits per heavy atom. The van der Waals surface area contributed by atoms with Crippen LogP contribution in [0.5, 0.6) is 5.75 Å². The molecule has 0 N–H and O–H groups in total. The van der Waals surface area contributed by atoms with Crippen LogP contribution >= 0.6 is 0 Å².